The number of rotatable bonds is 5. The van der Waals surface area contributed by atoms with Crippen LogP contribution in [0.3, 0.4) is 0 Å². The van der Waals surface area contributed by atoms with Gasteiger partial charge in [-0.3, -0.25) is 0 Å². The van der Waals surface area contributed by atoms with Gasteiger partial charge < -0.3 is 10.3 Å². The lowest BCUT2D eigenvalue weighted by molar-refractivity contribution is 0.391. The van der Waals surface area contributed by atoms with E-state index >= 15 is 0 Å². The minimum absolute atomic E-state index is 0.403. The smallest absolute Gasteiger partial charge is 0.236 e. The van der Waals surface area contributed by atoms with Gasteiger partial charge in [-0.1, -0.05) is 41.9 Å². The monoisotopic (exact) mass is 263 g/mol. The Morgan fingerprint density at radius 3 is 2.72 bits per heavy atom. The Morgan fingerprint density at radius 2 is 2.06 bits per heavy atom. The summed E-state index contributed by atoms with van der Waals surface area (Å²) in [5.41, 5.74) is 7.76. The van der Waals surface area contributed by atoms with E-state index in [1.165, 1.54) is 5.56 Å². The van der Waals surface area contributed by atoms with Gasteiger partial charge in [0.05, 0.1) is 5.75 Å². The molecule has 5 heteroatoms. The normalized spacial score (nSPS) is 12.6. The van der Waals surface area contributed by atoms with Crippen molar-refractivity contribution < 1.29 is 4.52 Å². The number of hydrogen-bond acceptors (Lipinski definition) is 5. The highest BCUT2D eigenvalue weighted by atomic mass is 32.2. The van der Waals surface area contributed by atoms with Crippen LogP contribution in [0.25, 0.3) is 11.4 Å². The Kier molecular flexibility index (Phi) is 4.38. The average Bonchev–Trinajstić information content (AvgIpc) is 2.85. The van der Waals surface area contributed by atoms with E-state index in [-0.39, 0.29) is 0 Å². The molecule has 4 nitrogen and oxygen atoms in total. The first kappa shape index (κ1) is 13.1. The van der Waals surface area contributed by atoms with Gasteiger partial charge in [-0.05, 0) is 6.92 Å². The summed E-state index contributed by atoms with van der Waals surface area (Å²) in [6.07, 6.45) is 0. The highest BCUT2D eigenvalue weighted by Gasteiger charge is 2.09. The molecule has 0 aliphatic rings. The molecule has 1 atom stereocenters. The van der Waals surface area contributed by atoms with Crippen molar-refractivity contribution in [2.75, 3.05) is 6.54 Å². The van der Waals surface area contributed by atoms with Crippen LogP contribution in [-0.4, -0.2) is 21.9 Å². The van der Waals surface area contributed by atoms with E-state index in [1.54, 1.807) is 11.8 Å². The molecular weight excluding hydrogens is 246 g/mol. The molecule has 0 radical (unpaired) electrons. The Hall–Kier alpha value is -1.33. The van der Waals surface area contributed by atoms with Crippen LogP contribution in [0.15, 0.2) is 28.8 Å². The molecule has 1 aromatic carbocycles. The fraction of sp³-hybridized carbons (Fsp3) is 0.385. The zero-order chi connectivity index (χ0) is 13.0. The molecule has 1 unspecified atom stereocenters. The lowest BCUT2D eigenvalue weighted by atomic mass is 10.1. The van der Waals surface area contributed by atoms with Crippen molar-refractivity contribution in [3.05, 3.63) is 35.7 Å². The summed E-state index contributed by atoms with van der Waals surface area (Å²) < 4.78 is 5.22. The first-order valence-corrected chi connectivity index (χ1v) is 6.95. The second-order valence-corrected chi connectivity index (χ2v) is 5.66. The van der Waals surface area contributed by atoms with E-state index in [9.17, 15) is 0 Å². The second kappa shape index (κ2) is 6.02. The Morgan fingerprint density at radius 1 is 1.33 bits per heavy atom. The minimum atomic E-state index is 0.403. The summed E-state index contributed by atoms with van der Waals surface area (Å²) in [6.45, 7) is 4.79. The van der Waals surface area contributed by atoms with Crippen LogP contribution in [0.1, 0.15) is 18.4 Å². The van der Waals surface area contributed by atoms with Crippen LogP contribution in [-0.2, 0) is 5.75 Å². The number of thioether (sulfide) groups is 1. The molecule has 0 saturated heterocycles. The summed E-state index contributed by atoms with van der Waals surface area (Å²) in [5.74, 6) is 2.00. The number of aromatic nitrogens is 2. The zero-order valence-corrected chi connectivity index (χ0v) is 11.4. The van der Waals surface area contributed by atoms with Crippen LogP contribution in [0, 0.1) is 6.92 Å². The number of nitrogens with zero attached hydrogens (tertiary/aromatic N) is 2. The average molecular weight is 263 g/mol. The first-order chi connectivity index (χ1) is 8.69. The van der Waals surface area contributed by atoms with Crippen LogP contribution < -0.4 is 5.73 Å². The molecule has 0 fully saturated rings. The Bertz CT molecular complexity index is 495. The van der Waals surface area contributed by atoms with Gasteiger partial charge in [0.25, 0.3) is 0 Å². The topological polar surface area (TPSA) is 64.9 Å². The van der Waals surface area contributed by atoms with Crippen molar-refractivity contribution in [1.29, 1.82) is 0 Å². The van der Waals surface area contributed by atoms with Gasteiger partial charge in [0.15, 0.2) is 0 Å². The third kappa shape index (κ3) is 3.34. The molecule has 1 heterocycles. The quantitative estimate of drug-likeness (QED) is 0.898. The fourth-order valence-corrected chi connectivity index (χ4v) is 2.10. The van der Waals surface area contributed by atoms with Gasteiger partial charge in [-0.25, -0.2) is 0 Å². The summed E-state index contributed by atoms with van der Waals surface area (Å²) >= 11 is 1.72. The highest BCUT2D eigenvalue weighted by Crippen LogP contribution is 2.20. The lowest BCUT2D eigenvalue weighted by Gasteiger charge is -2.03. The third-order valence-electron chi connectivity index (χ3n) is 2.60. The van der Waals surface area contributed by atoms with Crippen LogP contribution in [0.5, 0.6) is 0 Å². The van der Waals surface area contributed by atoms with E-state index in [0.29, 0.717) is 29.3 Å². The molecular formula is C13H17N3OS. The molecule has 0 amide bonds. The number of nitrogens with two attached hydrogens (primary N) is 1. The van der Waals surface area contributed by atoms with Gasteiger partial charge >= 0.3 is 0 Å². The molecule has 0 aliphatic heterocycles. The van der Waals surface area contributed by atoms with Crippen LogP contribution in [0.2, 0.25) is 0 Å². The molecule has 18 heavy (non-hydrogen) atoms. The van der Waals surface area contributed by atoms with Gasteiger partial charge in [0.2, 0.25) is 11.7 Å². The molecule has 0 spiro atoms. The maximum Gasteiger partial charge on any atom is 0.236 e. The van der Waals surface area contributed by atoms with Crippen molar-refractivity contribution in [1.82, 2.24) is 10.1 Å². The highest BCUT2D eigenvalue weighted by molar-refractivity contribution is 7.99. The second-order valence-electron chi connectivity index (χ2n) is 4.24. The number of hydrogen-bond donors (Lipinski definition) is 1. The maximum absolute atomic E-state index is 5.56. The Balaban J connectivity index is 2.03. The third-order valence-corrected chi connectivity index (χ3v) is 3.78. The van der Waals surface area contributed by atoms with E-state index in [4.69, 9.17) is 10.3 Å². The summed E-state index contributed by atoms with van der Waals surface area (Å²) in [6, 6.07) is 8.08. The van der Waals surface area contributed by atoms with Gasteiger partial charge in [-0.15, -0.1) is 11.8 Å². The fourth-order valence-electron chi connectivity index (χ4n) is 1.41. The lowest BCUT2D eigenvalue weighted by Crippen LogP contribution is -2.12. The molecule has 2 N–H and O–H groups in total. The molecule has 2 rings (SSSR count). The van der Waals surface area contributed by atoms with Crippen LogP contribution in [0.4, 0.5) is 0 Å². The van der Waals surface area contributed by atoms with E-state index < -0.39 is 0 Å². The van der Waals surface area contributed by atoms with Crippen molar-refractivity contribution >= 4 is 11.8 Å². The van der Waals surface area contributed by atoms with Crippen molar-refractivity contribution in [3.63, 3.8) is 0 Å². The summed E-state index contributed by atoms with van der Waals surface area (Å²) in [5, 5.41) is 4.39. The maximum atomic E-state index is 5.56. The van der Waals surface area contributed by atoms with E-state index in [2.05, 4.69) is 24.0 Å². The van der Waals surface area contributed by atoms with E-state index in [1.807, 2.05) is 24.3 Å². The van der Waals surface area contributed by atoms with Gasteiger partial charge in [0.1, 0.15) is 0 Å². The van der Waals surface area contributed by atoms with Crippen molar-refractivity contribution in [3.8, 4) is 11.4 Å². The minimum Gasteiger partial charge on any atom is -0.338 e. The van der Waals surface area contributed by atoms with Gasteiger partial charge in [-0.2, -0.15) is 4.98 Å². The van der Waals surface area contributed by atoms with Crippen LogP contribution >= 0.6 is 11.8 Å². The molecule has 1 aromatic heterocycles. The molecule has 0 aliphatic carbocycles. The Labute approximate surface area is 111 Å². The predicted molar refractivity (Wildman–Crippen MR) is 74.3 cm³/mol. The largest absolute Gasteiger partial charge is 0.338 e. The molecule has 2 aromatic rings. The van der Waals surface area contributed by atoms with E-state index in [0.717, 1.165) is 5.56 Å². The summed E-state index contributed by atoms with van der Waals surface area (Å²) in [7, 11) is 0. The van der Waals surface area contributed by atoms with Gasteiger partial charge in [0, 0.05) is 17.4 Å². The summed E-state index contributed by atoms with van der Waals surface area (Å²) in [4.78, 5) is 4.38. The predicted octanol–water partition coefficient (Wildman–Crippen LogP) is 2.63. The molecule has 0 saturated carbocycles. The molecule has 0 bridgehead atoms. The number of aryl methyl sites for hydroxylation is 1. The molecule has 96 valence electrons. The van der Waals surface area contributed by atoms with Crippen molar-refractivity contribution in [2.24, 2.45) is 5.73 Å². The zero-order valence-electron chi connectivity index (χ0n) is 10.6. The number of benzene rings is 1. The SMILES string of the molecule is Cc1ccc(-c2noc(CSC(C)CN)n2)cc1. The van der Waals surface area contributed by atoms with Crippen molar-refractivity contribution in [2.45, 2.75) is 24.9 Å². The standard InChI is InChI=1S/C13H17N3OS/c1-9-3-5-11(6-4-9)13-15-12(17-16-13)8-18-10(2)7-14/h3-6,10H,7-8,14H2,1-2H3. The first-order valence-electron chi connectivity index (χ1n) is 5.90.